The number of carbonyl (C=O) groups is 1. The normalized spacial score (nSPS) is 18.0. The summed E-state index contributed by atoms with van der Waals surface area (Å²) >= 11 is 0. The highest BCUT2D eigenvalue weighted by atomic mass is 19.1. The van der Waals surface area contributed by atoms with Gasteiger partial charge in [-0.1, -0.05) is 0 Å². The van der Waals surface area contributed by atoms with Crippen LogP contribution in [0.4, 0.5) is 4.39 Å². The molecular formula is C19H21FN4O. The summed E-state index contributed by atoms with van der Waals surface area (Å²) < 4.78 is 15.4. The van der Waals surface area contributed by atoms with Gasteiger partial charge in [0.15, 0.2) is 0 Å². The third-order valence-corrected chi connectivity index (χ3v) is 4.92. The Balaban J connectivity index is 1.57. The fourth-order valence-corrected chi connectivity index (χ4v) is 3.78. The van der Waals surface area contributed by atoms with E-state index in [9.17, 15) is 9.18 Å². The first-order valence-corrected chi connectivity index (χ1v) is 8.58. The lowest BCUT2D eigenvalue weighted by Crippen LogP contribution is -2.39. The van der Waals surface area contributed by atoms with E-state index >= 15 is 0 Å². The molecule has 1 saturated heterocycles. The number of halogens is 1. The van der Waals surface area contributed by atoms with E-state index in [0.29, 0.717) is 12.2 Å². The first kappa shape index (κ1) is 15.9. The molecule has 1 aliphatic rings. The summed E-state index contributed by atoms with van der Waals surface area (Å²) in [5.74, 6) is 0.952. The van der Waals surface area contributed by atoms with Crippen LogP contribution in [-0.2, 0) is 7.05 Å². The van der Waals surface area contributed by atoms with Gasteiger partial charge in [0.25, 0.3) is 5.91 Å². The molecule has 1 aliphatic heterocycles. The first-order valence-electron chi connectivity index (χ1n) is 8.58. The number of piperidine rings is 1. The van der Waals surface area contributed by atoms with E-state index in [1.54, 1.807) is 12.1 Å². The van der Waals surface area contributed by atoms with Crippen molar-refractivity contribution in [2.24, 2.45) is 7.05 Å². The first-order chi connectivity index (χ1) is 12.0. The molecule has 5 nitrogen and oxygen atoms in total. The maximum Gasteiger partial charge on any atom is 0.270 e. The van der Waals surface area contributed by atoms with Crippen molar-refractivity contribution in [3.8, 4) is 0 Å². The zero-order chi connectivity index (χ0) is 17.6. The van der Waals surface area contributed by atoms with Crippen LogP contribution in [0.3, 0.4) is 0 Å². The molecule has 3 heterocycles. The van der Waals surface area contributed by atoms with Crippen molar-refractivity contribution < 1.29 is 9.18 Å². The van der Waals surface area contributed by atoms with Crippen molar-refractivity contribution in [1.29, 1.82) is 0 Å². The van der Waals surface area contributed by atoms with Gasteiger partial charge in [-0.2, -0.15) is 0 Å². The van der Waals surface area contributed by atoms with Gasteiger partial charge >= 0.3 is 0 Å². The number of H-pyrrole nitrogens is 1. The summed E-state index contributed by atoms with van der Waals surface area (Å²) in [5.41, 5.74) is 2.29. The lowest BCUT2D eigenvalue weighted by atomic mass is 9.97. The van der Waals surface area contributed by atoms with Gasteiger partial charge in [0, 0.05) is 43.2 Å². The molecule has 0 radical (unpaired) electrons. The number of imidazole rings is 1. The third-order valence-electron chi connectivity index (χ3n) is 4.92. The van der Waals surface area contributed by atoms with Gasteiger partial charge in [-0.15, -0.1) is 0 Å². The van der Waals surface area contributed by atoms with Gasteiger partial charge in [-0.05, 0) is 44.0 Å². The lowest BCUT2D eigenvalue weighted by Gasteiger charge is -2.32. The Bertz CT molecular complexity index is 942. The third kappa shape index (κ3) is 2.92. The molecule has 0 saturated carbocycles. The Morgan fingerprint density at radius 1 is 1.36 bits per heavy atom. The van der Waals surface area contributed by atoms with Gasteiger partial charge in [0.05, 0.1) is 5.69 Å². The van der Waals surface area contributed by atoms with Crippen LogP contribution >= 0.6 is 0 Å². The minimum Gasteiger partial charge on any atom is -0.351 e. The molecule has 0 aliphatic carbocycles. The molecule has 0 bridgehead atoms. The molecule has 1 aromatic carbocycles. The number of fused-ring (bicyclic) bond motifs is 1. The van der Waals surface area contributed by atoms with Crippen molar-refractivity contribution in [2.45, 2.75) is 25.7 Å². The number of aromatic nitrogens is 3. The SMILES string of the molecule is Cc1cn(C)c([C@@H]2CCCN(C(=O)c3cc4cc(F)ccc4[nH]3)C2)n1. The average Bonchev–Trinajstić information content (AvgIpc) is 3.16. The number of hydrogen-bond acceptors (Lipinski definition) is 2. The highest BCUT2D eigenvalue weighted by molar-refractivity contribution is 5.98. The zero-order valence-corrected chi connectivity index (χ0v) is 14.4. The number of nitrogens with zero attached hydrogens (tertiary/aromatic N) is 3. The Morgan fingerprint density at radius 2 is 2.20 bits per heavy atom. The number of rotatable bonds is 2. The van der Waals surface area contributed by atoms with E-state index in [4.69, 9.17) is 0 Å². The average molecular weight is 340 g/mol. The van der Waals surface area contributed by atoms with Crippen LogP contribution < -0.4 is 0 Å². The van der Waals surface area contributed by atoms with E-state index in [2.05, 4.69) is 14.5 Å². The second-order valence-electron chi connectivity index (χ2n) is 6.86. The van der Waals surface area contributed by atoms with E-state index in [1.165, 1.54) is 12.1 Å². The van der Waals surface area contributed by atoms with Crippen molar-refractivity contribution in [3.05, 3.63) is 53.5 Å². The van der Waals surface area contributed by atoms with Gasteiger partial charge in [-0.25, -0.2) is 9.37 Å². The summed E-state index contributed by atoms with van der Waals surface area (Å²) in [6.45, 7) is 3.38. The van der Waals surface area contributed by atoms with Gasteiger partial charge in [0.2, 0.25) is 0 Å². The van der Waals surface area contributed by atoms with Gasteiger partial charge < -0.3 is 14.5 Å². The molecule has 1 amide bonds. The van der Waals surface area contributed by atoms with Crippen LogP contribution in [0.15, 0.2) is 30.5 Å². The Morgan fingerprint density at radius 3 is 2.96 bits per heavy atom. The number of nitrogens with one attached hydrogen (secondary N) is 1. The summed E-state index contributed by atoms with van der Waals surface area (Å²) in [6, 6.07) is 6.23. The molecule has 1 N–H and O–H groups in total. The monoisotopic (exact) mass is 340 g/mol. The number of aryl methyl sites for hydroxylation is 2. The fraction of sp³-hybridized carbons (Fsp3) is 0.368. The number of carbonyl (C=O) groups excluding carboxylic acids is 1. The van der Waals surface area contributed by atoms with E-state index in [-0.39, 0.29) is 17.6 Å². The van der Waals surface area contributed by atoms with Gasteiger partial charge in [-0.3, -0.25) is 4.79 Å². The topological polar surface area (TPSA) is 53.9 Å². The standard InChI is InChI=1S/C19H21FN4O/c1-12-10-23(2)18(21-12)13-4-3-7-24(11-13)19(25)17-9-14-8-15(20)5-6-16(14)22-17/h5-6,8-10,13,22H,3-4,7,11H2,1-2H3/t13-/m1/s1. The zero-order valence-electron chi connectivity index (χ0n) is 14.4. The number of benzene rings is 1. The van der Waals surface area contributed by atoms with Crippen LogP contribution in [0.5, 0.6) is 0 Å². The maximum atomic E-state index is 13.4. The van der Waals surface area contributed by atoms with Gasteiger partial charge in [0.1, 0.15) is 17.3 Å². The van der Waals surface area contributed by atoms with Crippen LogP contribution in [0.2, 0.25) is 0 Å². The molecule has 2 aromatic heterocycles. The molecule has 0 spiro atoms. The molecular weight excluding hydrogens is 319 g/mol. The molecule has 6 heteroatoms. The molecule has 1 atom stereocenters. The molecule has 0 unspecified atom stereocenters. The summed E-state index contributed by atoms with van der Waals surface area (Å²) in [7, 11) is 2.00. The number of amides is 1. The highest BCUT2D eigenvalue weighted by Gasteiger charge is 2.28. The second-order valence-corrected chi connectivity index (χ2v) is 6.86. The molecule has 4 rings (SSSR count). The van der Waals surface area contributed by atoms with Crippen molar-refractivity contribution in [2.75, 3.05) is 13.1 Å². The van der Waals surface area contributed by atoms with E-state index in [0.717, 1.165) is 41.8 Å². The van der Waals surface area contributed by atoms with Crippen LogP contribution in [0, 0.1) is 12.7 Å². The summed E-state index contributed by atoms with van der Waals surface area (Å²) in [4.78, 5) is 22.5. The summed E-state index contributed by atoms with van der Waals surface area (Å²) in [6.07, 6.45) is 4.01. The Kier molecular flexibility index (Phi) is 3.82. The quantitative estimate of drug-likeness (QED) is 0.778. The lowest BCUT2D eigenvalue weighted by molar-refractivity contribution is 0.0698. The second kappa shape index (κ2) is 6.02. The number of hydrogen-bond donors (Lipinski definition) is 1. The summed E-state index contributed by atoms with van der Waals surface area (Å²) in [5, 5.41) is 0.719. The largest absolute Gasteiger partial charge is 0.351 e. The van der Waals surface area contributed by atoms with Crippen molar-refractivity contribution in [3.63, 3.8) is 0 Å². The van der Waals surface area contributed by atoms with Crippen molar-refractivity contribution >= 4 is 16.8 Å². The van der Waals surface area contributed by atoms with Crippen LogP contribution in [-0.4, -0.2) is 38.4 Å². The Hall–Kier alpha value is -2.63. The smallest absolute Gasteiger partial charge is 0.270 e. The Labute approximate surface area is 145 Å². The number of aromatic amines is 1. The van der Waals surface area contributed by atoms with Crippen LogP contribution in [0.25, 0.3) is 10.9 Å². The predicted octanol–water partition coefficient (Wildman–Crippen LogP) is 3.37. The van der Waals surface area contributed by atoms with Crippen LogP contribution in [0.1, 0.15) is 40.8 Å². The molecule has 130 valence electrons. The minimum absolute atomic E-state index is 0.0350. The van der Waals surface area contributed by atoms with E-state index in [1.807, 2.05) is 25.1 Å². The van der Waals surface area contributed by atoms with E-state index < -0.39 is 0 Å². The molecule has 1 fully saturated rings. The number of likely N-dealkylation sites (tertiary alicyclic amines) is 1. The highest BCUT2D eigenvalue weighted by Crippen LogP contribution is 2.27. The maximum absolute atomic E-state index is 13.4. The predicted molar refractivity (Wildman–Crippen MR) is 94.1 cm³/mol. The molecule has 3 aromatic rings. The molecule has 25 heavy (non-hydrogen) atoms. The minimum atomic E-state index is -0.298. The fourth-order valence-electron chi connectivity index (χ4n) is 3.78. The van der Waals surface area contributed by atoms with Crippen molar-refractivity contribution in [1.82, 2.24) is 19.4 Å².